The third-order valence-electron chi connectivity index (χ3n) is 4.59. The number of rotatable bonds is 6. The van der Waals surface area contributed by atoms with Gasteiger partial charge in [-0.3, -0.25) is 9.59 Å². The standard InChI is InChI=1S/C23H23N2O2/c1-18(23(27)24(2)17-19-9-5-3-6-10-19)25-15-13-21(14-16-25)22(26)20-11-7-4-8-12-20/h3-16,18H,17H2,1-2H3/q+1/t18-/m1/s1. The topological polar surface area (TPSA) is 41.3 Å². The van der Waals surface area contributed by atoms with Crippen molar-refractivity contribution >= 4 is 11.7 Å². The second-order valence-electron chi connectivity index (χ2n) is 6.59. The molecule has 1 aromatic heterocycles. The molecule has 0 fully saturated rings. The molecule has 0 spiro atoms. The molecule has 0 bridgehead atoms. The van der Waals surface area contributed by atoms with Gasteiger partial charge in [0.2, 0.25) is 6.04 Å². The molecule has 4 heteroatoms. The van der Waals surface area contributed by atoms with Crippen molar-refractivity contribution in [2.75, 3.05) is 7.05 Å². The summed E-state index contributed by atoms with van der Waals surface area (Å²) in [4.78, 5) is 26.9. The Kier molecular flexibility index (Phi) is 5.77. The van der Waals surface area contributed by atoms with Gasteiger partial charge in [-0.1, -0.05) is 60.7 Å². The second-order valence-corrected chi connectivity index (χ2v) is 6.59. The van der Waals surface area contributed by atoms with Crippen LogP contribution in [0.15, 0.2) is 85.2 Å². The first-order valence-electron chi connectivity index (χ1n) is 8.95. The summed E-state index contributed by atoms with van der Waals surface area (Å²) in [6, 6.07) is 22.3. The van der Waals surface area contributed by atoms with Crippen LogP contribution in [0.4, 0.5) is 0 Å². The largest absolute Gasteiger partial charge is 0.336 e. The number of aromatic nitrogens is 1. The van der Waals surface area contributed by atoms with Crippen LogP contribution in [0.1, 0.15) is 34.5 Å². The lowest BCUT2D eigenvalue weighted by Crippen LogP contribution is -2.46. The molecule has 0 radical (unpaired) electrons. The van der Waals surface area contributed by atoms with E-state index in [1.807, 2.05) is 60.0 Å². The first-order valence-corrected chi connectivity index (χ1v) is 8.95. The summed E-state index contributed by atoms with van der Waals surface area (Å²) < 4.78 is 1.82. The van der Waals surface area contributed by atoms with Gasteiger partial charge in [0.25, 0.3) is 5.91 Å². The fourth-order valence-electron chi connectivity index (χ4n) is 2.99. The monoisotopic (exact) mass is 359 g/mol. The summed E-state index contributed by atoms with van der Waals surface area (Å²) in [5, 5.41) is 0. The molecule has 27 heavy (non-hydrogen) atoms. The van der Waals surface area contributed by atoms with E-state index in [9.17, 15) is 9.59 Å². The highest BCUT2D eigenvalue weighted by Crippen LogP contribution is 2.10. The summed E-state index contributed by atoms with van der Waals surface area (Å²) in [7, 11) is 1.81. The zero-order valence-electron chi connectivity index (χ0n) is 15.6. The molecule has 3 rings (SSSR count). The van der Waals surface area contributed by atoms with Gasteiger partial charge in [-0.15, -0.1) is 0 Å². The molecular formula is C23H23N2O2+. The molecule has 2 aromatic carbocycles. The van der Waals surface area contributed by atoms with Crippen LogP contribution in [0.2, 0.25) is 0 Å². The predicted octanol–water partition coefficient (Wildman–Crippen LogP) is 3.42. The van der Waals surface area contributed by atoms with E-state index in [0.29, 0.717) is 17.7 Å². The number of carbonyl (C=O) groups is 2. The third-order valence-corrected chi connectivity index (χ3v) is 4.59. The lowest BCUT2D eigenvalue weighted by Gasteiger charge is -2.19. The van der Waals surface area contributed by atoms with Crippen LogP contribution in [0.3, 0.4) is 0 Å². The van der Waals surface area contributed by atoms with Crippen molar-refractivity contribution in [2.24, 2.45) is 0 Å². The lowest BCUT2D eigenvalue weighted by molar-refractivity contribution is -0.706. The Morgan fingerprint density at radius 1 is 0.852 bits per heavy atom. The molecular weight excluding hydrogens is 336 g/mol. The summed E-state index contributed by atoms with van der Waals surface area (Å²) in [6.45, 7) is 2.43. The first-order chi connectivity index (χ1) is 13.1. The number of hydrogen-bond acceptors (Lipinski definition) is 2. The van der Waals surface area contributed by atoms with Gasteiger partial charge in [0.05, 0.1) is 0 Å². The Bertz CT molecular complexity index is 906. The maximum absolute atomic E-state index is 12.7. The van der Waals surface area contributed by atoms with Gasteiger partial charge in [0, 0.05) is 43.8 Å². The van der Waals surface area contributed by atoms with Crippen LogP contribution >= 0.6 is 0 Å². The Balaban J connectivity index is 1.68. The number of amides is 1. The van der Waals surface area contributed by atoms with Gasteiger partial charge in [0.1, 0.15) is 0 Å². The number of pyridine rings is 1. The van der Waals surface area contributed by atoms with Crippen LogP contribution in [0.5, 0.6) is 0 Å². The van der Waals surface area contributed by atoms with Gasteiger partial charge in [-0.25, -0.2) is 0 Å². The number of hydrogen-bond donors (Lipinski definition) is 0. The van der Waals surface area contributed by atoms with Crippen molar-refractivity contribution < 1.29 is 14.2 Å². The van der Waals surface area contributed by atoms with Gasteiger partial charge in [-0.05, 0) is 5.56 Å². The zero-order chi connectivity index (χ0) is 19.2. The Morgan fingerprint density at radius 2 is 1.37 bits per heavy atom. The van der Waals surface area contributed by atoms with E-state index in [4.69, 9.17) is 0 Å². The van der Waals surface area contributed by atoms with Gasteiger partial charge in [-0.2, -0.15) is 4.57 Å². The van der Waals surface area contributed by atoms with E-state index in [1.165, 1.54) is 0 Å². The number of likely N-dealkylation sites (N-methyl/N-ethyl adjacent to an activating group) is 1. The molecule has 4 nitrogen and oxygen atoms in total. The average molecular weight is 359 g/mol. The molecule has 0 N–H and O–H groups in total. The number of ketones is 1. The fourth-order valence-corrected chi connectivity index (χ4v) is 2.99. The zero-order valence-corrected chi connectivity index (χ0v) is 15.6. The quantitative estimate of drug-likeness (QED) is 0.500. The van der Waals surface area contributed by atoms with Crippen molar-refractivity contribution in [1.29, 1.82) is 0 Å². The van der Waals surface area contributed by atoms with E-state index in [1.54, 1.807) is 48.6 Å². The van der Waals surface area contributed by atoms with E-state index < -0.39 is 0 Å². The van der Waals surface area contributed by atoms with Crippen LogP contribution < -0.4 is 4.57 Å². The SMILES string of the molecule is C[C@H](C(=O)N(C)Cc1ccccc1)[n+]1ccc(C(=O)c2ccccc2)cc1. The molecule has 1 heterocycles. The molecule has 0 aliphatic rings. The van der Waals surface area contributed by atoms with Crippen molar-refractivity contribution in [3.8, 4) is 0 Å². The molecule has 0 aliphatic heterocycles. The van der Waals surface area contributed by atoms with Gasteiger partial charge >= 0.3 is 0 Å². The molecule has 0 saturated heterocycles. The van der Waals surface area contributed by atoms with Crippen LogP contribution in [-0.4, -0.2) is 23.6 Å². The normalized spacial score (nSPS) is 11.6. The smallest absolute Gasteiger partial charge is 0.291 e. The van der Waals surface area contributed by atoms with Crippen LogP contribution in [0, 0.1) is 0 Å². The molecule has 3 aromatic rings. The third kappa shape index (κ3) is 4.47. The van der Waals surface area contributed by atoms with E-state index in [2.05, 4.69) is 0 Å². The van der Waals surface area contributed by atoms with E-state index in [0.717, 1.165) is 5.56 Å². The summed E-state index contributed by atoms with van der Waals surface area (Å²) in [5.74, 6) is -0.00563. The molecule has 0 unspecified atom stereocenters. The van der Waals surface area contributed by atoms with Crippen molar-refractivity contribution in [3.05, 3.63) is 102 Å². The van der Waals surface area contributed by atoms with Crippen LogP contribution in [-0.2, 0) is 11.3 Å². The first kappa shape index (κ1) is 18.5. The minimum atomic E-state index is -0.348. The van der Waals surface area contributed by atoms with Crippen LogP contribution in [0.25, 0.3) is 0 Å². The Morgan fingerprint density at radius 3 is 1.96 bits per heavy atom. The minimum Gasteiger partial charge on any atom is -0.336 e. The summed E-state index contributed by atoms with van der Waals surface area (Å²) >= 11 is 0. The number of carbonyl (C=O) groups excluding carboxylic acids is 2. The molecule has 136 valence electrons. The lowest BCUT2D eigenvalue weighted by atomic mass is 10.0. The van der Waals surface area contributed by atoms with Gasteiger partial charge < -0.3 is 4.90 Å². The van der Waals surface area contributed by atoms with E-state index >= 15 is 0 Å². The maximum Gasteiger partial charge on any atom is 0.291 e. The number of benzene rings is 2. The number of nitrogens with zero attached hydrogens (tertiary/aromatic N) is 2. The second kappa shape index (κ2) is 8.41. The highest BCUT2D eigenvalue weighted by Gasteiger charge is 2.25. The summed E-state index contributed by atoms with van der Waals surface area (Å²) in [5.41, 5.74) is 2.35. The highest BCUT2D eigenvalue weighted by molar-refractivity contribution is 6.08. The average Bonchev–Trinajstić information content (AvgIpc) is 2.73. The van der Waals surface area contributed by atoms with Crippen molar-refractivity contribution in [1.82, 2.24) is 4.90 Å². The Labute approximate surface area is 159 Å². The summed E-state index contributed by atoms with van der Waals surface area (Å²) in [6.07, 6.45) is 3.57. The van der Waals surface area contributed by atoms with E-state index in [-0.39, 0.29) is 17.7 Å². The maximum atomic E-state index is 12.7. The fraction of sp³-hybridized carbons (Fsp3) is 0.174. The molecule has 0 saturated carbocycles. The molecule has 0 aliphatic carbocycles. The molecule has 1 atom stereocenters. The van der Waals surface area contributed by atoms with Crippen molar-refractivity contribution in [3.63, 3.8) is 0 Å². The molecule has 1 amide bonds. The van der Waals surface area contributed by atoms with Crippen molar-refractivity contribution in [2.45, 2.75) is 19.5 Å². The minimum absolute atomic E-state index is 0.0194. The van der Waals surface area contributed by atoms with Gasteiger partial charge in [0.15, 0.2) is 18.2 Å². The highest BCUT2D eigenvalue weighted by atomic mass is 16.2. The predicted molar refractivity (Wildman–Crippen MR) is 104 cm³/mol. The Hall–Kier alpha value is -3.27.